The van der Waals surface area contributed by atoms with Crippen LogP contribution in [0.4, 0.5) is 5.82 Å². The van der Waals surface area contributed by atoms with Gasteiger partial charge >= 0.3 is 0 Å². The van der Waals surface area contributed by atoms with Gasteiger partial charge in [0.25, 0.3) is 0 Å². The standard InChI is InChI=1S/C27H29N7O2/c1-29-16-21(14-28)20-4-2-19(3-5-20)15-30-26-13-24(32-18-33-26)25-17-31-27-12-23(6-9-34(25)27)36-22-7-10-35-11-8-22/h2-6,9,12-14,16-18,22,28-29H,7-8,10-11,15H2,1H3,(H,30,32,33)/b21-16+,28-14?. The molecule has 3 N–H and O–H groups in total. The molecule has 0 bridgehead atoms. The summed E-state index contributed by atoms with van der Waals surface area (Å²) in [5.74, 6) is 1.55. The first-order valence-electron chi connectivity index (χ1n) is 12.0. The third-order valence-corrected chi connectivity index (χ3v) is 6.10. The Morgan fingerprint density at radius 2 is 1.97 bits per heavy atom. The maximum absolute atomic E-state index is 7.56. The minimum absolute atomic E-state index is 0.185. The number of nitrogens with zero attached hydrogens (tertiary/aromatic N) is 4. The Hall–Kier alpha value is -4.24. The van der Waals surface area contributed by atoms with Crippen molar-refractivity contribution >= 4 is 23.3 Å². The molecule has 0 amide bonds. The summed E-state index contributed by atoms with van der Waals surface area (Å²) in [7, 11) is 1.82. The highest BCUT2D eigenvalue weighted by atomic mass is 16.5. The first kappa shape index (κ1) is 23.5. The summed E-state index contributed by atoms with van der Waals surface area (Å²) in [4.78, 5) is 13.4. The van der Waals surface area contributed by atoms with Crippen molar-refractivity contribution in [3.05, 3.63) is 78.5 Å². The maximum Gasteiger partial charge on any atom is 0.140 e. The number of allylic oxidation sites excluding steroid dienone is 1. The molecular weight excluding hydrogens is 454 g/mol. The summed E-state index contributed by atoms with van der Waals surface area (Å²) >= 11 is 0. The number of imidazole rings is 1. The Labute approximate surface area is 209 Å². The lowest BCUT2D eigenvalue weighted by molar-refractivity contribution is 0.0256. The van der Waals surface area contributed by atoms with Crippen molar-refractivity contribution in [2.75, 3.05) is 25.6 Å². The Bertz CT molecular complexity index is 1360. The fraction of sp³-hybridized carbons (Fsp3) is 0.259. The van der Waals surface area contributed by atoms with Crippen LogP contribution < -0.4 is 15.4 Å². The number of hydrogen-bond donors (Lipinski definition) is 3. The normalized spacial score (nSPS) is 14.5. The topological polar surface area (TPSA) is 109 Å². The van der Waals surface area contributed by atoms with Gasteiger partial charge in [0.15, 0.2) is 0 Å². The van der Waals surface area contributed by atoms with Crippen LogP contribution in [0.5, 0.6) is 5.75 Å². The number of benzene rings is 1. The van der Waals surface area contributed by atoms with Gasteiger partial charge in [0, 0.05) is 62.8 Å². The van der Waals surface area contributed by atoms with E-state index < -0.39 is 0 Å². The number of fused-ring (bicyclic) bond motifs is 1. The Kier molecular flexibility index (Phi) is 7.18. The van der Waals surface area contributed by atoms with Crippen LogP contribution in [-0.2, 0) is 11.3 Å². The monoisotopic (exact) mass is 483 g/mol. The predicted octanol–water partition coefficient (Wildman–Crippen LogP) is 4.17. The van der Waals surface area contributed by atoms with Gasteiger partial charge in [-0.2, -0.15) is 0 Å². The molecule has 0 unspecified atom stereocenters. The van der Waals surface area contributed by atoms with Crippen LogP contribution in [0.2, 0.25) is 0 Å². The Morgan fingerprint density at radius 3 is 2.75 bits per heavy atom. The Morgan fingerprint density at radius 1 is 1.14 bits per heavy atom. The molecule has 0 aliphatic carbocycles. The molecule has 4 heterocycles. The van der Waals surface area contributed by atoms with Crippen LogP contribution in [-0.4, -0.2) is 51.9 Å². The first-order valence-corrected chi connectivity index (χ1v) is 12.0. The van der Waals surface area contributed by atoms with Crippen LogP contribution in [0, 0.1) is 5.41 Å². The van der Waals surface area contributed by atoms with Crippen LogP contribution >= 0.6 is 0 Å². The average molecular weight is 484 g/mol. The van der Waals surface area contributed by atoms with Gasteiger partial charge in [-0.15, -0.1) is 0 Å². The minimum Gasteiger partial charge on any atom is -0.490 e. The molecule has 1 fully saturated rings. The molecule has 0 spiro atoms. The highest BCUT2D eigenvalue weighted by molar-refractivity contribution is 6.08. The fourth-order valence-corrected chi connectivity index (χ4v) is 4.18. The van der Waals surface area contributed by atoms with Crippen LogP contribution in [0.25, 0.3) is 22.6 Å². The highest BCUT2D eigenvalue weighted by Crippen LogP contribution is 2.25. The third kappa shape index (κ3) is 5.36. The molecule has 9 heteroatoms. The van der Waals surface area contributed by atoms with E-state index in [0.717, 1.165) is 71.4 Å². The molecule has 4 aromatic rings. The fourth-order valence-electron chi connectivity index (χ4n) is 4.18. The second kappa shape index (κ2) is 11.0. The Balaban J connectivity index is 1.27. The number of pyridine rings is 1. The zero-order valence-electron chi connectivity index (χ0n) is 20.1. The molecule has 5 rings (SSSR count). The van der Waals surface area contributed by atoms with E-state index in [0.29, 0.717) is 6.54 Å². The lowest BCUT2D eigenvalue weighted by Crippen LogP contribution is -2.25. The van der Waals surface area contributed by atoms with Crippen molar-refractivity contribution < 1.29 is 9.47 Å². The zero-order valence-corrected chi connectivity index (χ0v) is 20.1. The van der Waals surface area contributed by atoms with Crippen molar-refractivity contribution in [1.29, 1.82) is 5.41 Å². The summed E-state index contributed by atoms with van der Waals surface area (Å²) in [6, 6.07) is 14.0. The first-order chi connectivity index (χ1) is 17.7. The molecule has 9 nitrogen and oxygen atoms in total. The van der Waals surface area contributed by atoms with E-state index in [9.17, 15) is 0 Å². The molecular formula is C27H29N7O2. The summed E-state index contributed by atoms with van der Waals surface area (Å²) in [6.07, 6.45) is 10.5. The van der Waals surface area contributed by atoms with Crippen molar-refractivity contribution in [3.63, 3.8) is 0 Å². The van der Waals surface area contributed by atoms with Crippen LogP contribution in [0.1, 0.15) is 24.0 Å². The van der Waals surface area contributed by atoms with E-state index in [1.54, 1.807) is 6.33 Å². The predicted molar refractivity (Wildman–Crippen MR) is 140 cm³/mol. The lowest BCUT2D eigenvalue weighted by Gasteiger charge is -2.23. The lowest BCUT2D eigenvalue weighted by atomic mass is 10.1. The second-order valence-electron chi connectivity index (χ2n) is 8.54. The van der Waals surface area contributed by atoms with Gasteiger partial charge in [-0.3, -0.25) is 4.40 Å². The minimum atomic E-state index is 0.185. The molecule has 1 aliphatic heterocycles. The molecule has 0 saturated carbocycles. The van der Waals surface area contributed by atoms with E-state index in [1.165, 1.54) is 6.21 Å². The summed E-state index contributed by atoms with van der Waals surface area (Å²) in [6.45, 7) is 2.11. The van der Waals surface area contributed by atoms with Gasteiger partial charge in [-0.25, -0.2) is 15.0 Å². The smallest absolute Gasteiger partial charge is 0.140 e. The van der Waals surface area contributed by atoms with E-state index in [2.05, 4.69) is 25.6 Å². The van der Waals surface area contributed by atoms with Crippen molar-refractivity contribution in [1.82, 2.24) is 24.7 Å². The van der Waals surface area contributed by atoms with Crippen LogP contribution in [0.3, 0.4) is 0 Å². The van der Waals surface area contributed by atoms with E-state index in [-0.39, 0.29) is 6.10 Å². The summed E-state index contributed by atoms with van der Waals surface area (Å²) < 4.78 is 13.5. The number of rotatable bonds is 9. The largest absolute Gasteiger partial charge is 0.490 e. The van der Waals surface area contributed by atoms with Gasteiger partial charge in [0.1, 0.15) is 29.6 Å². The molecule has 1 saturated heterocycles. The van der Waals surface area contributed by atoms with Crippen molar-refractivity contribution in [2.24, 2.45) is 0 Å². The van der Waals surface area contributed by atoms with Gasteiger partial charge in [-0.05, 0) is 17.2 Å². The summed E-state index contributed by atoms with van der Waals surface area (Å²) in [5.41, 5.74) is 5.39. The highest BCUT2D eigenvalue weighted by Gasteiger charge is 2.16. The van der Waals surface area contributed by atoms with Gasteiger partial charge < -0.3 is 25.5 Å². The van der Waals surface area contributed by atoms with Gasteiger partial charge in [-0.1, -0.05) is 24.3 Å². The van der Waals surface area contributed by atoms with E-state index in [4.69, 9.17) is 14.9 Å². The van der Waals surface area contributed by atoms with E-state index in [1.807, 2.05) is 72.5 Å². The number of nitrogens with one attached hydrogen (secondary N) is 3. The van der Waals surface area contributed by atoms with Crippen LogP contribution in [0.15, 0.2) is 67.4 Å². The second-order valence-corrected chi connectivity index (χ2v) is 8.54. The van der Waals surface area contributed by atoms with Gasteiger partial charge in [0.05, 0.1) is 30.8 Å². The number of anilines is 1. The molecule has 184 valence electrons. The van der Waals surface area contributed by atoms with Gasteiger partial charge in [0.2, 0.25) is 0 Å². The van der Waals surface area contributed by atoms with Crippen molar-refractivity contribution in [3.8, 4) is 17.1 Å². The van der Waals surface area contributed by atoms with Crippen molar-refractivity contribution in [2.45, 2.75) is 25.5 Å². The molecule has 0 radical (unpaired) electrons. The maximum atomic E-state index is 7.56. The SMILES string of the molecule is CN/C=C(\C=N)c1ccc(CNc2cc(-c3cnc4cc(OC5CCOCC5)ccn34)ncn2)cc1. The third-order valence-electron chi connectivity index (χ3n) is 6.10. The summed E-state index contributed by atoms with van der Waals surface area (Å²) in [5, 5.41) is 13.9. The molecule has 1 aromatic carbocycles. The molecule has 0 atom stereocenters. The quantitative estimate of drug-likeness (QED) is 0.307. The zero-order chi connectivity index (χ0) is 24.7. The molecule has 3 aromatic heterocycles. The molecule has 36 heavy (non-hydrogen) atoms. The number of ether oxygens (including phenoxy) is 2. The van der Waals surface area contributed by atoms with E-state index >= 15 is 0 Å². The number of hydrogen-bond acceptors (Lipinski definition) is 8. The average Bonchev–Trinajstić information content (AvgIpc) is 3.35. The molecule has 1 aliphatic rings. The number of aromatic nitrogens is 4.